The van der Waals surface area contributed by atoms with Crippen molar-refractivity contribution in [2.45, 2.75) is 12.7 Å². The van der Waals surface area contributed by atoms with Gasteiger partial charge in [0.2, 0.25) is 0 Å². The number of halogens is 4. The molecule has 0 saturated carbocycles. The van der Waals surface area contributed by atoms with Crippen LogP contribution in [0.25, 0.3) is 0 Å². The number of rotatable bonds is 3. The maximum atomic E-state index is 12.5. The second kappa shape index (κ2) is 5.65. The van der Waals surface area contributed by atoms with E-state index in [4.69, 9.17) is 0 Å². The molecule has 2 aromatic rings. The molecule has 0 bridgehead atoms. The number of nitrogens with one attached hydrogen (secondary N) is 1. The van der Waals surface area contributed by atoms with Gasteiger partial charge in [-0.3, -0.25) is 0 Å². The van der Waals surface area contributed by atoms with Crippen LogP contribution >= 0.6 is 15.9 Å². The van der Waals surface area contributed by atoms with Gasteiger partial charge in [-0.25, -0.2) is 0 Å². The van der Waals surface area contributed by atoms with E-state index in [1.165, 1.54) is 6.07 Å². The van der Waals surface area contributed by atoms with Crippen molar-refractivity contribution < 1.29 is 13.2 Å². The molecule has 0 heterocycles. The van der Waals surface area contributed by atoms with Crippen molar-refractivity contribution in [2.75, 3.05) is 5.32 Å². The fourth-order valence-corrected chi connectivity index (χ4v) is 1.89. The summed E-state index contributed by atoms with van der Waals surface area (Å²) in [5, 5.41) is 3.08. The second-order valence-electron chi connectivity index (χ2n) is 4.06. The smallest absolute Gasteiger partial charge is 0.381 e. The standard InChI is InChI=1S/C14H11BrF3N/c15-12-4-6-13(7-5-12)19-9-10-2-1-3-11(8-10)14(16,17)18/h1-8,19H,9H2. The zero-order chi connectivity index (χ0) is 13.9. The van der Waals surface area contributed by atoms with Gasteiger partial charge in [-0.2, -0.15) is 13.2 Å². The van der Waals surface area contributed by atoms with Crippen molar-refractivity contribution in [1.82, 2.24) is 0 Å². The first kappa shape index (κ1) is 13.9. The lowest BCUT2D eigenvalue weighted by molar-refractivity contribution is -0.137. The summed E-state index contributed by atoms with van der Waals surface area (Å²) in [6.45, 7) is 0.353. The van der Waals surface area contributed by atoms with Crippen LogP contribution in [-0.2, 0) is 12.7 Å². The van der Waals surface area contributed by atoms with Gasteiger partial charge in [-0.05, 0) is 42.0 Å². The van der Waals surface area contributed by atoms with Crippen LogP contribution in [0.4, 0.5) is 18.9 Å². The van der Waals surface area contributed by atoms with Gasteiger partial charge in [0, 0.05) is 16.7 Å². The van der Waals surface area contributed by atoms with Crippen molar-refractivity contribution in [2.24, 2.45) is 0 Å². The molecule has 0 aromatic heterocycles. The highest BCUT2D eigenvalue weighted by Gasteiger charge is 2.30. The molecule has 0 saturated heterocycles. The minimum absolute atomic E-state index is 0.353. The quantitative estimate of drug-likeness (QED) is 0.827. The van der Waals surface area contributed by atoms with E-state index in [1.54, 1.807) is 6.07 Å². The highest BCUT2D eigenvalue weighted by Crippen LogP contribution is 2.29. The molecule has 0 fully saturated rings. The average molecular weight is 330 g/mol. The Morgan fingerprint density at radius 1 is 1.00 bits per heavy atom. The van der Waals surface area contributed by atoms with Crippen LogP contribution in [0.2, 0.25) is 0 Å². The maximum Gasteiger partial charge on any atom is 0.416 e. The Bertz CT molecular complexity index is 549. The summed E-state index contributed by atoms with van der Waals surface area (Å²) in [6, 6.07) is 12.8. The molecule has 1 nitrogen and oxygen atoms in total. The molecule has 1 N–H and O–H groups in total. The number of anilines is 1. The summed E-state index contributed by atoms with van der Waals surface area (Å²) in [6.07, 6.45) is -4.30. The molecular weight excluding hydrogens is 319 g/mol. The molecule has 0 aliphatic carbocycles. The van der Waals surface area contributed by atoms with Crippen molar-refractivity contribution in [3.05, 3.63) is 64.1 Å². The van der Waals surface area contributed by atoms with Gasteiger partial charge in [0.15, 0.2) is 0 Å². The summed E-state index contributed by atoms with van der Waals surface area (Å²) in [7, 11) is 0. The predicted octanol–water partition coefficient (Wildman–Crippen LogP) is 5.08. The number of hydrogen-bond acceptors (Lipinski definition) is 1. The number of alkyl halides is 3. The van der Waals surface area contributed by atoms with Gasteiger partial charge >= 0.3 is 6.18 Å². The van der Waals surface area contributed by atoms with Gasteiger partial charge in [-0.1, -0.05) is 28.1 Å². The van der Waals surface area contributed by atoms with Crippen molar-refractivity contribution in [1.29, 1.82) is 0 Å². The summed E-state index contributed by atoms with van der Waals surface area (Å²) < 4.78 is 38.6. The highest BCUT2D eigenvalue weighted by atomic mass is 79.9. The first-order valence-electron chi connectivity index (χ1n) is 5.61. The Kier molecular flexibility index (Phi) is 4.14. The Hall–Kier alpha value is -1.49. The summed E-state index contributed by atoms with van der Waals surface area (Å²) in [4.78, 5) is 0. The van der Waals surface area contributed by atoms with E-state index in [9.17, 15) is 13.2 Å². The highest BCUT2D eigenvalue weighted by molar-refractivity contribution is 9.10. The zero-order valence-electron chi connectivity index (χ0n) is 9.84. The summed E-state index contributed by atoms with van der Waals surface area (Å²) in [5.41, 5.74) is 0.834. The third-order valence-corrected chi connectivity index (χ3v) is 3.12. The lowest BCUT2D eigenvalue weighted by Gasteiger charge is -2.10. The molecule has 0 amide bonds. The lowest BCUT2D eigenvalue weighted by atomic mass is 10.1. The van der Waals surface area contributed by atoms with Crippen LogP contribution < -0.4 is 5.32 Å². The first-order valence-corrected chi connectivity index (χ1v) is 6.40. The maximum absolute atomic E-state index is 12.5. The topological polar surface area (TPSA) is 12.0 Å². The summed E-state index contributed by atoms with van der Waals surface area (Å²) in [5.74, 6) is 0. The molecule has 5 heteroatoms. The van der Waals surface area contributed by atoms with Gasteiger partial charge in [0.1, 0.15) is 0 Å². The molecule has 0 atom stereocenters. The fraction of sp³-hybridized carbons (Fsp3) is 0.143. The first-order chi connectivity index (χ1) is 8.95. The van der Waals surface area contributed by atoms with Gasteiger partial charge in [0.05, 0.1) is 5.56 Å². The Balaban J connectivity index is 2.05. The van der Waals surface area contributed by atoms with Gasteiger partial charge in [-0.15, -0.1) is 0 Å². The Morgan fingerprint density at radius 3 is 2.32 bits per heavy atom. The molecule has 0 aliphatic rings. The molecule has 0 radical (unpaired) electrons. The third kappa shape index (κ3) is 3.99. The van der Waals surface area contributed by atoms with Crippen molar-refractivity contribution in [3.8, 4) is 0 Å². The van der Waals surface area contributed by atoms with Gasteiger partial charge in [0.25, 0.3) is 0 Å². The normalized spacial score (nSPS) is 11.4. The summed E-state index contributed by atoms with van der Waals surface area (Å²) >= 11 is 3.32. The minimum atomic E-state index is -4.30. The van der Waals surface area contributed by atoms with Crippen molar-refractivity contribution >= 4 is 21.6 Å². The molecule has 0 unspecified atom stereocenters. The van der Waals surface area contributed by atoms with E-state index in [-0.39, 0.29) is 0 Å². The molecule has 0 aliphatic heterocycles. The lowest BCUT2D eigenvalue weighted by Crippen LogP contribution is -2.06. The van der Waals surface area contributed by atoms with Crippen LogP contribution in [0, 0.1) is 0 Å². The monoisotopic (exact) mass is 329 g/mol. The third-order valence-electron chi connectivity index (χ3n) is 2.60. The van der Waals surface area contributed by atoms with E-state index in [1.807, 2.05) is 24.3 Å². The molecule has 19 heavy (non-hydrogen) atoms. The second-order valence-corrected chi connectivity index (χ2v) is 4.97. The predicted molar refractivity (Wildman–Crippen MR) is 72.9 cm³/mol. The Labute approximate surface area is 117 Å². The van der Waals surface area contributed by atoms with Crippen LogP contribution in [0.1, 0.15) is 11.1 Å². The van der Waals surface area contributed by atoms with Crippen molar-refractivity contribution in [3.63, 3.8) is 0 Å². The van der Waals surface area contributed by atoms with Crippen LogP contribution in [-0.4, -0.2) is 0 Å². The van der Waals surface area contributed by atoms with E-state index >= 15 is 0 Å². The van der Waals surface area contributed by atoms with Crippen LogP contribution in [0.3, 0.4) is 0 Å². The van der Waals surface area contributed by atoms with Gasteiger partial charge < -0.3 is 5.32 Å². The molecule has 0 spiro atoms. The van der Waals surface area contributed by atoms with Crippen LogP contribution in [0.15, 0.2) is 53.0 Å². The minimum Gasteiger partial charge on any atom is -0.381 e. The number of hydrogen-bond donors (Lipinski definition) is 1. The molecular formula is C14H11BrF3N. The van der Waals surface area contributed by atoms with E-state index in [0.29, 0.717) is 12.1 Å². The van der Waals surface area contributed by atoms with E-state index in [2.05, 4.69) is 21.2 Å². The SMILES string of the molecule is FC(F)(F)c1cccc(CNc2ccc(Br)cc2)c1. The number of benzene rings is 2. The molecule has 2 aromatic carbocycles. The fourth-order valence-electron chi connectivity index (χ4n) is 1.63. The average Bonchev–Trinajstić information content (AvgIpc) is 2.37. The Morgan fingerprint density at radius 2 is 1.68 bits per heavy atom. The van der Waals surface area contributed by atoms with Crippen LogP contribution in [0.5, 0.6) is 0 Å². The zero-order valence-corrected chi connectivity index (χ0v) is 11.4. The van der Waals surface area contributed by atoms with E-state index in [0.717, 1.165) is 22.3 Å². The largest absolute Gasteiger partial charge is 0.416 e. The molecule has 100 valence electrons. The molecule has 2 rings (SSSR count). The van der Waals surface area contributed by atoms with E-state index < -0.39 is 11.7 Å².